The molecule has 0 saturated carbocycles. The number of halogens is 1. The van der Waals surface area contributed by atoms with E-state index < -0.39 is 6.10 Å². The van der Waals surface area contributed by atoms with Gasteiger partial charge in [0.1, 0.15) is 13.2 Å². The van der Waals surface area contributed by atoms with E-state index in [4.69, 9.17) is 9.47 Å². The number of pyridine rings is 1. The van der Waals surface area contributed by atoms with Crippen LogP contribution in [0.1, 0.15) is 22.0 Å². The Bertz CT molecular complexity index is 723. The van der Waals surface area contributed by atoms with Gasteiger partial charge in [-0.25, -0.2) is 0 Å². The Labute approximate surface area is 141 Å². The number of ether oxygens (including phenoxy) is 2. The summed E-state index contributed by atoms with van der Waals surface area (Å²) in [5.74, 6) is 0.974. The molecule has 0 aliphatic carbocycles. The molecule has 0 spiro atoms. The number of nitrogens with one attached hydrogen (secondary N) is 1. The molecule has 23 heavy (non-hydrogen) atoms. The zero-order valence-corrected chi connectivity index (χ0v) is 13.7. The van der Waals surface area contributed by atoms with E-state index >= 15 is 0 Å². The van der Waals surface area contributed by atoms with Gasteiger partial charge in [-0.05, 0) is 39.7 Å². The van der Waals surface area contributed by atoms with Crippen LogP contribution in [0.4, 0.5) is 0 Å². The summed E-state index contributed by atoms with van der Waals surface area (Å²) in [5, 5.41) is 12.9. The summed E-state index contributed by atoms with van der Waals surface area (Å²) in [6.45, 7) is 1.09. The molecule has 120 valence electrons. The van der Waals surface area contributed by atoms with E-state index in [1.807, 2.05) is 0 Å². The fourth-order valence-corrected chi connectivity index (χ4v) is 2.58. The second kappa shape index (κ2) is 6.97. The first-order valence-corrected chi connectivity index (χ1v) is 7.89. The number of nitrogens with zero attached hydrogens (tertiary/aromatic N) is 1. The second-order valence-corrected chi connectivity index (χ2v) is 5.94. The summed E-state index contributed by atoms with van der Waals surface area (Å²) in [7, 11) is 0. The van der Waals surface area contributed by atoms with Crippen molar-refractivity contribution in [1.29, 1.82) is 0 Å². The maximum absolute atomic E-state index is 12.0. The standard InChI is InChI=1S/C16H15BrN2O4/c17-12-5-11(7-18-8-12)16(21)19-9-13(20)10-1-2-14-15(6-10)23-4-3-22-14/h1-2,5-8,13,20H,3-4,9H2,(H,19,21). The molecule has 0 radical (unpaired) electrons. The number of aliphatic hydroxyl groups excluding tert-OH is 1. The number of aliphatic hydroxyl groups is 1. The van der Waals surface area contributed by atoms with Gasteiger partial charge in [0, 0.05) is 23.4 Å². The van der Waals surface area contributed by atoms with Crippen molar-refractivity contribution in [3.63, 3.8) is 0 Å². The van der Waals surface area contributed by atoms with Gasteiger partial charge in [-0.1, -0.05) is 6.07 Å². The zero-order valence-electron chi connectivity index (χ0n) is 12.2. The van der Waals surface area contributed by atoms with E-state index in [1.54, 1.807) is 30.5 Å². The average Bonchev–Trinajstić information content (AvgIpc) is 2.59. The summed E-state index contributed by atoms with van der Waals surface area (Å²) in [6, 6.07) is 6.91. The summed E-state index contributed by atoms with van der Waals surface area (Å²) in [5.41, 5.74) is 1.08. The molecule has 1 amide bonds. The number of carbonyl (C=O) groups is 1. The third-order valence-electron chi connectivity index (χ3n) is 3.37. The molecule has 3 rings (SSSR count). The lowest BCUT2D eigenvalue weighted by atomic mass is 10.1. The van der Waals surface area contributed by atoms with Crippen LogP contribution in [0.5, 0.6) is 11.5 Å². The highest BCUT2D eigenvalue weighted by Gasteiger charge is 2.16. The lowest BCUT2D eigenvalue weighted by Crippen LogP contribution is -2.28. The molecule has 7 heteroatoms. The quantitative estimate of drug-likeness (QED) is 0.850. The number of amides is 1. The molecule has 2 heterocycles. The Balaban J connectivity index is 1.63. The normalized spacial score (nSPS) is 14.2. The molecule has 1 aliphatic rings. The van der Waals surface area contributed by atoms with Gasteiger partial charge in [0.2, 0.25) is 0 Å². The van der Waals surface area contributed by atoms with Crippen molar-refractivity contribution >= 4 is 21.8 Å². The first-order valence-electron chi connectivity index (χ1n) is 7.10. The average molecular weight is 379 g/mol. The van der Waals surface area contributed by atoms with Crippen LogP contribution < -0.4 is 14.8 Å². The van der Waals surface area contributed by atoms with Crippen LogP contribution in [0, 0.1) is 0 Å². The highest BCUT2D eigenvalue weighted by Crippen LogP contribution is 2.32. The van der Waals surface area contributed by atoms with E-state index in [0.717, 1.165) is 4.47 Å². The number of hydrogen-bond donors (Lipinski definition) is 2. The maximum atomic E-state index is 12.0. The lowest BCUT2D eigenvalue weighted by Gasteiger charge is -2.20. The molecule has 2 aromatic rings. The molecular formula is C16H15BrN2O4. The molecule has 0 fully saturated rings. The molecular weight excluding hydrogens is 364 g/mol. The minimum Gasteiger partial charge on any atom is -0.486 e. The third-order valence-corrected chi connectivity index (χ3v) is 3.81. The Hall–Kier alpha value is -2.12. The van der Waals surface area contributed by atoms with Crippen LogP contribution in [0.25, 0.3) is 0 Å². The summed E-state index contributed by atoms with van der Waals surface area (Å²) < 4.78 is 11.6. The number of carbonyl (C=O) groups excluding carboxylic acids is 1. The molecule has 0 bridgehead atoms. The van der Waals surface area contributed by atoms with Crippen LogP contribution in [-0.2, 0) is 0 Å². The first kappa shape index (κ1) is 15.8. The Morgan fingerprint density at radius 2 is 2.04 bits per heavy atom. The van der Waals surface area contributed by atoms with Crippen LogP contribution in [0.2, 0.25) is 0 Å². The Kier molecular flexibility index (Phi) is 4.78. The van der Waals surface area contributed by atoms with Crippen molar-refractivity contribution in [3.05, 3.63) is 52.3 Å². The fourth-order valence-electron chi connectivity index (χ4n) is 2.21. The van der Waals surface area contributed by atoms with Crippen LogP contribution >= 0.6 is 15.9 Å². The molecule has 0 saturated heterocycles. The smallest absolute Gasteiger partial charge is 0.252 e. The van der Waals surface area contributed by atoms with Gasteiger partial charge in [-0.2, -0.15) is 0 Å². The largest absolute Gasteiger partial charge is 0.486 e. The third kappa shape index (κ3) is 3.80. The van der Waals surface area contributed by atoms with Gasteiger partial charge in [-0.15, -0.1) is 0 Å². The number of aromatic nitrogens is 1. The molecule has 1 atom stereocenters. The molecule has 1 unspecified atom stereocenters. The molecule has 1 aliphatic heterocycles. The summed E-state index contributed by atoms with van der Waals surface area (Å²) in [4.78, 5) is 16.0. The van der Waals surface area contributed by atoms with Gasteiger partial charge < -0.3 is 19.9 Å². The van der Waals surface area contributed by atoms with E-state index in [9.17, 15) is 9.90 Å². The minimum absolute atomic E-state index is 0.0883. The predicted octanol–water partition coefficient (Wildman–Crippen LogP) is 2.08. The Morgan fingerprint density at radius 1 is 1.26 bits per heavy atom. The molecule has 1 aromatic carbocycles. The minimum atomic E-state index is -0.838. The summed E-state index contributed by atoms with van der Waals surface area (Å²) in [6.07, 6.45) is 2.23. The summed E-state index contributed by atoms with van der Waals surface area (Å²) >= 11 is 3.26. The van der Waals surface area contributed by atoms with Gasteiger partial charge >= 0.3 is 0 Å². The number of hydrogen-bond acceptors (Lipinski definition) is 5. The van der Waals surface area contributed by atoms with Crippen molar-refractivity contribution in [3.8, 4) is 11.5 Å². The Morgan fingerprint density at radius 3 is 2.83 bits per heavy atom. The second-order valence-electron chi connectivity index (χ2n) is 5.02. The van der Waals surface area contributed by atoms with Gasteiger partial charge in [0.15, 0.2) is 11.5 Å². The van der Waals surface area contributed by atoms with E-state index in [1.165, 1.54) is 6.20 Å². The SMILES string of the molecule is O=C(NCC(O)c1ccc2c(c1)OCCO2)c1cncc(Br)c1. The maximum Gasteiger partial charge on any atom is 0.252 e. The van der Waals surface area contributed by atoms with Gasteiger partial charge in [0.25, 0.3) is 5.91 Å². The van der Waals surface area contributed by atoms with Gasteiger partial charge in [0.05, 0.1) is 11.7 Å². The number of benzene rings is 1. The highest BCUT2D eigenvalue weighted by molar-refractivity contribution is 9.10. The van der Waals surface area contributed by atoms with Crippen LogP contribution in [0.3, 0.4) is 0 Å². The van der Waals surface area contributed by atoms with Crippen LogP contribution in [-0.4, -0.2) is 35.8 Å². The van der Waals surface area contributed by atoms with Crippen molar-refractivity contribution in [2.75, 3.05) is 19.8 Å². The van der Waals surface area contributed by atoms with E-state index in [0.29, 0.717) is 35.8 Å². The monoisotopic (exact) mass is 378 g/mol. The van der Waals surface area contributed by atoms with E-state index in [2.05, 4.69) is 26.2 Å². The zero-order chi connectivity index (χ0) is 16.2. The van der Waals surface area contributed by atoms with Crippen molar-refractivity contribution < 1.29 is 19.4 Å². The highest BCUT2D eigenvalue weighted by atomic mass is 79.9. The molecule has 2 N–H and O–H groups in total. The van der Waals surface area contributed by atoms with Crippen molar-refractivity contribution in [2.24, 2.45) is 0 Å². The number of rotatable bonds is 4. The number of fused-ring (bicyclic) bond motifs is 1. The lowest BCUT2D eigenvalue weighted by molar-refractivity contribution is 0.0915. The first-order chi connectivity index (χ1) is 11.1. The van der Waals surface area contributed by atoms with Crippen molar-refractivity contribution in [1.82, 2.24) is 10.3 Å². The molecule has 1 aromatic heterocycles. The van der Waals surface area contributed by atoms with Gasteiger partial charge in [-0.3, -0.25) is 9.78 Å². The van der Waals surface area contributed by atoms with E-state index in [-0.39, 0.29) is 12.5 Å². The topological polar surface area (TPSA) is 80.7 Å². The fraction of sp³-hybridized carbons (Fsp3) is 0.250. The predicted molar refractivity (Wildman–Crippen MR) is 86.7 cm³/mol. The molecule has 6 nitrogen and oxygen atoms in total. The van der Waals surface area contributed by atoms with Crippen LogP contribution in [0.15, 0.2) is 41.1 Å². The van der Waals surface area contributed by atoms with Crippen molar-refractivity contribution in [2.45, 2.75) is 6.10 Å².